The van der Waals surface area contributed by atoms with Crippen molar-refractivity contribution >= 4 is 50.8 Å². The van der Waals surface area contributed by atoms with E-state index in [9.17, 15) is 14.7 Å². The number of thiophene rings is 2. The Bertz CT molecular complexity index is 915. The van der Waals surface area contributed by atoms with Crippen molar-refractivity contribution in [1.29, 1.82) is 0 Å². The number of hydrogen-bond donors (Lipinski definition) is 1. The number of anilines is 1. The van der Waals surface area contributed by atoms with Crippen molar-refractivity contribution in [3.8, 4) is 0 Å². The second-order valence-corrected chi connectivity index (χ2v) is 7.62. The number of carbonyl (C=O) groups excluding carboxylic acids is 2. The molecule has 0 spiro atoms. The van der Waals surface area contributed by atoms with Gasteiger partial charge in [0.2, 0.25) is 10.9 Å². The van der Waals surface area contributed by atoms with Gasteiger partial charge in [-0.05, 0) is 22.9 Å². The fourth-order valence-electron chi connectivity index (χ4n) is 2.56. The van der Waals surface area contributed by atoms with Gasteiger partial charge in [0.05, 0.1) is 10.5 Å². The molecule has 0 saturated carbocycles. The topological polar surface area (TPSA) is 83.4 Å². The van der Waals surface area contributed by atoms with Crippen LogP contribution in [-0.4, -0.2) is 27.0 Å². The van der Waals surface area contributed by atoms with E-state index < -0.39 is 17.7 Å². The average molecular weight is 375 g/mol. The van der Waals surface area contributed by atoms with Crippen LogP contribution in [-0.2, 0) is 4.79 Å². The van der Waals surface area contributed by atoms with Gasteiger partial charge in [0.1, 0.15) is 11.6 Å². The number of amides is 1. The predicted octanol–water partition coefficient (Wildman–Crippen LogP) is 3.44. The molecule has 0 aromatic carbocycles. The second kappa shape index (κ2) is 5.93. The van der Waals surface area contributed by atoms with E-state index >= 15 is 0 Å². The van der Waals surface area contributed by atoms with Crippen molar-refractivity contribution in [3.05, 3.63) is 61.6 Å². The first-order valence-corrected chi connectivity index (χ1v) is 9.47. The lowest BCUT2D eigenvalue weighted by Crippen LogP contribution is -2.30. The van der Waals surface area contributed by atoms with Crippen molar-refractivity contribution in [2.75, 3.05) is 4.90 Å². The Labute approximate surface area is 148 Å². The summed E-state index contributed by atoms with van der Waals surface area (Å²) in [6, 6.07) is 6.41. The molecule has 4 heterocycles. The standard InChI is InChI=1S/C15H9N3O3S3/c19-12(9-4-2-6-23-9)10-11(8-3-1-5-22-8)18(14(21)13(10)20)15-17-16-7-24-15/h1-7,11,20H/t11-/m0/s1. The molecule has 3 aromatic rings. The van der Waals surface area contributed by atoms with Crippen molar-refractivity contribution in [2.24, 2.45) is 0 Å². The number of carbonyl (C=O) groups is 2. The SMILES string of the molecule is O=C(C1=C(O)C(=O)N(c2nncs2)[C@H]1c1cccs1)c1cccs1. The van der Waals surface area contributed by atoms with E-state index in [4.69, 9.17) is 0 Å². The van der Waals surface area contributed by atoms with Crippen molar-refractivity contribution in [2.45, 2.75) is 6.04 Å². The first kappa shape index (κ1) is 15.2. The molecule has 4 rings (SSSR count). The number of aliphatic hydroxyl groups is 1. The third-order valence-corrected chi connectivity index (χ3v) is 6.05. The quantitative estimate of drug-likeness (QED) is 0.706. The Morgan fingerprint density at radius 2 is 1.96 bits per heavy atom. The Morgan fingerprint density at radius 1 is 1.17 bits per heavy atom. The monoisotopic (exact) mass is 375 g/mol. The Kier molecular flexibility index (Phi) is 3.75. The summed E-state index contributed by atoms with van der Waals surface area (Å²) in [6.45, 7) is 0. The van der Waals surface area contributed by atoms with Crippen LogP contribution in [0.25, 0.3) is 0 Å². The molecule has 24 heavy (non-hydrogen) atoms. The fraction of sp³-hybridized carbons (Fsp3) is 0.0667. The lowest BCUT2D eigenvalue weighted by molar-refractivity contribution is -0.117. The minimum atomic E-state index is -0.694. The summed E-state index contributed by atoms with van der Waals surface area (Å²) in [6.07, 6.45) is 0. The zero-order valence-electron chi connectivity index (χ0n) is 11.9. The number of nitrogens with zero attached hydrogens (tertiary/aromatic N) is 3. The minimum absolute atomic E-state index is 0.0834. The molecule has 0 unspecified atom stereocenters. The molecule has 120 valence electrons. The number of Topliss-reactive ketones (excluding diaryl/α,β-unsaturated/α-hetero) is 1. The molecule has 1 N–H and O–H groups in total. The third-order valence-electron chi connectivity index (χ3n) is 3.57. The minimum Gasteiger partial charge on any atom is -0.503 e. The molecule has 6 nitrogen and oxygen atoms in total. The van der Waals surface area contributed by atoms with Crippen LogP contribution in [0, 0.1) is 0 Å². The number of hydrogen-bond acceptors (Lipinski definition) is 8. The molecular weight excluding hydrogens is 366 g/mol. The highest BCUT2D eigenvalue weighted by atomic mass is 32.1. The van der Waals surface area contributed by atoms with Crippen LogP contribution in [0.5, 0.6) is 0 Å². The Balaban J connectivity index is 1.87. The van der Waals surface area contributed by atoms with Gasteiger partial charge in [0.25, 0.3) is 5.91 Å². The number of rotatable bonds is 4. The molecular formula is C15H9N3O3S3. The molecule has 1 aliphatic heterocycles. The molecule has 9 heteroatoms. The highest BCUT2D eigenvalue weighted by molar-refractivity contribution is 7.13. The van der Waals surface area contributed by atoms with Crippen LogP contribution >= 0.6 is 34.0 Å². The van der Waals surface area contributed by atoms with Crippen LogP contribution in [0.3, 0.4) is 0 Å². The molecule has 1 atom stereocenters. The Morgan fingerprint density at radius 3 is 2.58 bits per heavy atom. The van der Waals surface area contributed by atoms with E-state index in [-0.39, 0.29) is 11.4 Å². The zero-order chi connectivity index (χ0) is 16.7. The van der Waals surface area contributed by atoms with Crippen LogP contribution in [0.15, 0.2) is 51.9 Å². The summed E-state index contributed by atoms with van der Waals surface area (Å²) >= 11 is 3.86. The van der Waals surface area contributed by atoms with Gasteiger partial charge in [-0.1, -0.05) is 23.5 Å². The Hall–Kier alpha value is -2.36. The van der Waals surface area contributed by atoms with E-state index in [0.29, 0.717) is 10.0 Å². The smallest absolute Gasteiger partial charge is 0.296 e. The van der Waals surface area contributed by atoms with Gasteiger partial charge in [-0.25, -0.2) is 0 Å². The van der Waals surface area contributed by atoms with E-state index in [1.807, 2.05) is 17.5 Å². The van der Waals surface area contributed by atoms with Crippen molar-refractivity contribution in [3.63, 3.8) is 0 Å². The molecule has 0 aliphatic carbocycles. The van der Waals surface area contributed by atoms with Gasteiger partial charge < -0.3 is 5.11 Å². The van der Waals surface area contributed by atoms with Crippen molar-refractivity contribution in [1.82, 2.24) is 10.2 Å². The maximum Gasteiger partial charge on any atom is 0.296 e. The first-order chi connectivity index (χ1) is 11.7. The largest absolute Gasteiger partial charge is 0.503 e. The summed E-state index contributed by atoms with van der Waals surface area (Å²) in [4.78, 5) is 28.1. The summed E-state index contributed by atoms with van der Waals surface area (Å²) in [5, 5.41) is 22.1. The summed E-state index contributed by atoms with van der Waals surface area (Å²) in [7, 11) is 0. The average Bonchev–Trinajstić information content (AvgIpc) is 3.37. The van der Waals surface area contributed by atoms with Gasteiger partial charge in [-0.3, -0.25) is 14.5 Å². The van der Waals surface area contributed by atoms with Crippen LogP contribution in [0.4, 0.5) is 5.13 Å². The molecule has 0 bridgehead atoms. The number of ketones is 1. The van der Waals surface area contributed by atoms with Gasteiger partial charge >= 0.3 is 0 Å². The lowest BCUT2D eigenvalue weighted by atomic mass is 10.0. The highest BCUT2D eigenvalue weighted by Crippen LogP contribution is 2.43. The highest BCUT2D eigenvalue weighted by Gasteiger charge is 2.46. The zero-order valence-corrected chi connectivity index (χ0v) is 14.4. The number of aromatic nitrogens is 2. The van der Waals surface area contributed by atoms with E-state index in [2.05, 4.69) is 10.2 Å². The lowest BCUT2D eigenvalue weighted by Gasteiger charge is -2.22. The van der Waals surface area contributed by atoms with E-state index in [1.165, 1.54) is 44.4 Å². The molecule has 0 radical (unpaired) electrons. The maximum absolute atomic E-state index is 12.9. The van der Waals surface area contributed by atoms with Crippen LogP contribution < -0.4 is 4.90 Å². The molecule has 1 amide bonds. The van der Waals surface area contributed by atoms with E-state index in [1.54, 1.807) is 17.5 Å². The van der Waals surface area contributed by atoms with Gasteiger partial charge in [0, 0.05) is 4.88 Å². The molecule has 3 aromatic heterocycles. The summed E-state index contributed by atoms with van der Waals surface area (Å²) in [5.74, 6) is -1.51. The fourth-order valence-corrected chi connectivity index (χ4v) is 4.65. The number of aliphatic hydroxyl groups excluding tert-OH is 1. The summed E-state index contributed by atoms with van der Waals surface area (Å²) < 4.78 is 0. The first-order valence-electron chi connectivity index (χ1n) is 6.83. The third kappa shape index (κ3) is 2.29. The van der Waals surface area contributed by atoms with Gasteiger partial charge in [-0.2, -0.15) is 0 Å². The van der Waals surface area contributed by atoms with Gasteiger partial charge in [-0.15, -0.1) is 32.9 Å². The van der Waals surface area contributed by atoms with Gasteiger partial charge in [0.15, 0.2) is 5.76 Å². The maximum atomic E-state index is 12.9. The second-order valence-electron chi connectivity index (χ2n) is 4.88. The van der Waals surface area contributed by atoms with Crippen LogP contribution in [0.1, 0.15) is 20.6 Å². The molecule has 1 aliphatic rings. The van der Waals surface area contributed by atoms with Crippen molar-refractivity contribution < 1.29 is 14.7 Å². The predicted molar refractivity (Wildman–Crippen MR) is 92.8 cm³/mol. The normalized spacial score (nSPS) is 17.8. The molecule has 0 fully saturated rings. The van der Waals surface area contributed by atoms with E-state index in [0.717, 1.165) is 4.88 Å². The summed E-state index contributed by atoms with van der Waals surface area (Å²) in [5.41, 5.74) is 1.59. The molecule has 0 saturated heterocycles. The van der Waals surface area contributed by atoms with Crippen LogP contribution in [0.2, 0.25) is 0 Å².